The molecule has 2 aliphatic heterocycles. The van der Waals surface area contributed by atoms with E-state index in [1.165, 1.54) is 0 Å². The molecule has 1 aromatic heterocycles. The maximum Gasteiger partial charge on any atom is 0.343 e. The first-order valence-electron chi connectivity index (χ1n) is 9.32. The Morgan fingerprint density at radius 1 is 1.19 bits per heavy atom. The molecule has 1 aromatic carbocycles. The molecule has 0 aliphatic carbocycles. The van der Waals surface area contributed by atoms with Crippen LogP contribution < -0.4 is 5.69 Å². The van der Waals surface area contributed by atoms with Crippen LogP contribution in [-0.4, -0.2) is 51.4 Å². The van der Waals surface area contributed by atoms with E-state index in [0.29, 0.717) is 26.2 Å². The zero-order chi connectivity index (χ0) is 17.9. The SMILES string of the molecule is O=C([C@@H]1CCCO1)N1CCC(c2n[nH]c(=O)n2Cc2ccccc2)CC1. The number of H-pyrrole nitrogens is 1. The van der Waals surface area contributed by atoms with Crippen LogP contribution in [0.5, 0.6) is 0 Å². The fraction of sp³-hybridized carbons (Fsp3) is 0.526. The highest BCUT2D eigenvalue weighted by Gasteiger charge is 2.32. The van der Waals surface area contributed by atoms with Crippen molar-refractivity contribution in [1.82, 2.24) is 19.7 Å². The van der Waals surface area contributed by atoms with Crippen molar-refractivity contribution in [2.24, 2.45) is 0 Å². The van der Waals surface area contributed by atoms with Crippen molar-refractivity contribution in [1.29, 1.82) is 0 Å². The molecule has 2 aliphatic rings. The lowest BCUT2D eigenvalue weighted by Crippen LogP contribution is -2.43. The van der Waals surface area contributed by atoms with Crippen LogP contribution in [0.1, 0.15) is 43.0 Å². The van der Waals surface area contributed by atoms with Crippen LogP contribution in [0.2, 0.25) is 0 Å². The lowest BCUT2D eigenvalue weighted by molar-refractivity contribution is -0.142. The average Bonchev–Trinajstić information content (AvgIpc) is 3.33. The van der Waals surface area contributed by atoms with Crippen molar-refractivity contribution in [2.75, 3.05) is 19.7 Å². The molecule has 1 N–H and O–H groups in total. The van der Waals surface area contributed by atoms with Crippen LogP contribution in [0.4, 0.5) is 0 Å². The molecule has 7 nitrogen and oxygen atoms in total. The zero-order valence-corrected chi connectivity index (χ0v) is 14.8. The summed E-state index contributed by atoms with van der Waals surface area (Å²) in [5.41, 5.74) is 0.893. The number of likely N-dealkylation sites (tertiary alicyclic amines) is 1. The fourth-order valence-corrected chi connectivity index (χ4v) is 3.89. The van der Waals surface area contributed by atoms with E-state index in [4.69, 9.17) is 4.74 Å². The smallest absolute Gasteiger partial charge is 0.343 e. The minimum Gasteiger partial charge on any atom is -0.368 e. The molecular weight excluding hydrogens is 332 g/mol. The van der Waals surface area contributed by atoms with Gasteiger partial charge in [0.15, 0.2) is 0 Å². The Morgan fingerprint density at radius 3 is 2.65 bits per heavy atom. The molecule has 138 valence electrons. The van der Waals surface area contributed by atoms with E-state index in [1.54, 1.807) is 4.57 Å². The minimum atomic E-state index is -0.256. The number of aromatic amines is 1. The molecule has 2 aromatic rings. The number of aromatic nitrogens is 3. The van der Waals surface area contributed by atoms with Crippen LogP contribution in [0.15, 0.2) is 35.1 Å². The lowest BCUT2D eigenvalue weighted by atomic mass is 9.95. The van der Waals surface area contributed by atoms with Gasteiger partial charge in [-0.05, 0) is 31.2 Å². The summed E-state index contributed by atoms with van der Waals surface area (Å²) in [4.78, 5) is 26.6. The van der Waals surface area contributed by atoms with E-state index in [0.717, 1.165) is 37.1 Å². The molecular formula is C19H24N4O3. The fourth-order valence-electron chi connectivity index (χ4n) is 3.89. The highest BCUT2D eigenvalue weighted by atomic mass is 16.5. The van der Waals surface area contributed by atoms with Gasteiger partial charge < -0.3 is 9.64 Å². The normalized spacial score (nSPS) is 21.2. The quantitative estimate of drug-likeness (QED) is 0.900. The van der Waals surface area contributed by atoms with Crippen LogP contribution >= 0.6 is 0 Å². The van der Waals surface area contributed by atoms with E-state index in [9.17, 15) is 9.59 Å². The van der Waals surface area contributed by atoms with Crippen molar-refractivity contribution < 1.29 is 9.53 Å². The summed E-state index contributed by atoms with van der Waals surface area (Å²) in [5.74, 6) is 1.10. The third-order valence-electron chi connectivity index (χ3n) is 5.35. The second-order valence-corrected chi connectivity index (χ2v) is 7.06. The zero-order valence-electron chi connectivity index (χ0n) is 14.8. The van der Waals surface area contributed by atoms with Gasteiger partial charge in [0, 0.05) is 25.6 Å². The second kappa shape index (κ2) is 7.45. The highest BCUT2D eigenvalue weighted by molar-refractivity contribution is 5.81. The molecule has 2 saturated heterocycles. The number of ether oxygens (including phenoxy) is 1. The molecule has 2 fully saturated rings. The number of piperidine rings is 1. The van der Waals surface area contributed by atoms with E-state index in [1.807, 2.05) is 35.2 Å². The van der Waals surface area contributed by atoms with Crippen LogP contribution in [0, 0.1) is 0 Å². The van der Waals surface area contributed by atoms with Crippen molar-refractivity contribution in [2.45, 2.75) is 44.2 Å². The Morgan fingerprint density at radius 2 is 1.96 bits per heavy atom. The topological polar surface area (TPSA) is 80.2 Å². The number of carbonyl (C=O) groups excluding carboxylic acids is 1. The number of hydrogen-bond donors (Lipinski definition) is 1. The van der Waals surface area contributed by atoms with Gasteiger partial charge >= 0.3 is 5.69 Å². The lowest BCUT2D eigenvalue weighted by Gasteiger charge is -2.33. The number of benzene rings is 1. The molecule has 0 spiro atoms. The molecule has 1 atom stereocenters. The molecule has 3 heterocycles. The number of amides is 1. The Labute approximate surface area is 152 Å². The third kappa shape index (κ3) is 3.44. The predicted molar refractivity (Wildman–Crippen MR) is 95.9 cm³/mol. The van der Waals surface area contributed by atoms with Gasteiger partial charge in [0.05, 0.1) is 6.54 Å². The molecule has 0 unspecified atom stereocenters. The van der Waals surface area contributed by atoms with Gasteiger partial charge in [0.1, 0.15) is 11.9 Å². The molecule has 0 saturated carbocycles. The van der Waals surface area contributed by atoms with Gasteiger partial charge in [-0.1, -0.05) is 30.3 Å². The summed E-state index contributed by atoms with van der Waals surface area (Å²) in [6.45, 7) is 2.58. The monoisotopic (exact) mass is 356 g/mol. The van der Waals surface area contributed by atoms with E-state index in [-0.39, 0.29) is 23.6 Å². The maximum atomic E-state index is 12.5. The van der Waals surface area contributed by atoms with Crippen molar-refractivity contribution in [3.63, 3.8) is 0 Å². The van der Waals surface area contributed by atoms with Crippen LogP contribution in [0.25, 0.3) is 0 Å². The standard InChI is InChI=1S/C19H24N4O3/c24-18(16-7-4-12-26-16)22-10-8-15(9-11-22)17-20-21-19(25)23(17)13-14-5-2-1-3-6-14/h1-3,5-6,15-16H,4,7-13H2,(H,21,25)/t16-/m0/s1. The largest absolute Gasteiger partial charge is 0.368 e. The summed E-state index contributed by atoms with van der Waals surface area (Å²) in [7, 11) is 0. The maximum absolute atomic E-state index is 12.5. The summed E-state index contributed by atoms with van der Waals surface area (Å²) in [6, 6.07) is 9.91. The summed E-state index contributed by atoms with van der Waals surface area (Å²) < 4.78 is 7.23. The van der Waals surface area contributed by atoms with E-state index >= 15 is 0 Å². The van der Waals surface area contributed by atoms with Gasteiger partial charge in [-0.15, -0.1) is 0 Å². The Kier molecular flexibility index (Phi) is 4.88. The number of nitrogens with zero attached hydrogens (tertiary/aromatic N) is 3. The molecule has 26 heavy (non-hydrogen) atoms. The van der Waals surface area contributed by atoms with Gasteiger partial charge in [-0.25, -0.2) is 9.89 Å². The first-order chi connectivity index (χ1) is 12.7. The van der Waals surface area contributed by atoms with Gasteiger partial charge in [0.25, 0.3) is 5.91 Å². The van der Waals surface area contributed by atoms with Crippen molar-refractivity contribution in [3.05, 3.63) is 52.2 Å². The predicted octanol–water partition coefficient (Wildman–Crippen LogP) is 1.50. The molecule has 0 radical (unpaired) electrons. The van der Waals surface area contributed by atoms with Crippen molar-refractivity contribution >= 4 is 5.91 Å². The first kappa shape index (κ1) is 17.0. The summed E-state index contributed by atoms with van der Waals surface area (Å²) >= 11 is 0. The van der Waals surface area contributed by atoms with Crippen molar-refractivity contribution in [3.8, 4) is 0 Å². The molecule has 4 rings (SSSR count). The Balaban J connectivity index is 1.43. The van der Waals surface area contributed by atoms with E-state index in [2.05, 4.69) is 10.2 Å². The third-order valence-corrected chi connectivity index (χ3v) is 5.35. The van der Waals surface area contributed by atoms with Gasteiger partial charge in [-0.3, -0.25) is 9.36 Å². The second-order valence-electron chi connectivity index (χ2n) is 7.06. The van der Waals surface area contributed by atoms with E-state index < -0.39 is 0 Å². The number of rotatable bonds is 4. The molecule has 7 heteroatoms. The minimum absolute atomic E-state index is 0.115. The average molecular weight is 356 g/mol. The van der Waals surface area contributed by atoms with Crippen LogP contribution in [0.3, 0.4) is 0 Å². The van der Waals surface area contributed by atoms with Gasteiger partial charge in [-0.2, -0.15) is 5.10 Å². The molecule has 1 amide bonds. The Bertz CT molecular complexity index is 800. The highest BCUT2D eigenvalue weighted by Crippen LogP contribution is 2.27. The summed E-state index contributed by atoms with van der Waals surface area (Å²) in [6.07, 6.45) is 3.17. The Hall–Kier alpha value is -2.41. The van der Waals surface area contributed by atoms with Gasteiger partial charge in [0.2, 0.25) is 0 Å². The summed E-state index contributed by atoms with van der Waals surface area (Å²) in [5, 5.41) is 6.87. The van der Waals surface area contributed by atoms with Crippen LogP contribution in [-0.2, 0) is 16.1 Å². The first-order valence-corrected chi connectivity index (χ1v) is 9.32. The number of carbonyl (C=O) groups is 1. The molecule has 0 bridgehead atoms. The number of hydrogen-bond acceptors (Lipinski definition) is 4. The number of nitrogens with one attached hydrogen (secondary N) is 1.